The molecule has 1 aliphatic rings. The first-order valence-electron chi connectivity index (χ1n) is 14.8. The number of hydrogen-bond acceptors (Lipinski definition) is 8. The topological polar surface area (TPSA) is 102 Å². The lowest BCUT2D eigenvalue weighted by Gasteiger charge is -2.42. The third kappa shape index (κ3) is 7.58. The van der Waals surface area contributed by atoms with Gasteiger partial charge in [-0.1, -0.05) is 63.0 Å². The van der Waals surface area contributed by atoms with Gasteiger partial charge < -0.3 is 20.1 Å². The van der Waals surface area contributed by atoms with E-state index < -0.39 is 0 Å². The molecule has 1 aliphatic heterocycles. The van der Waals surface area contributed by atoms with Crippen LogP contribution in [0.15, 0.2) is 48.9 Å². The van der Waals surface area contributed by atoms with Gasteiger partial charge in [-0.25, -0.2) is 4.98 Å². The van der Waals surface area contributed by atoms with E-state index in [4.69, 9.17) is 32.7 Å². The summed E-state index contributed by atoms with van der Waals surface area (Å²) < 4.78 is 10.8. The molecule has 1 saturated heterocycles. The number of fused-ring (bicyclic) bond motifs is 1. The van der Waals surface area contributed by atoms with E-state index in [9.17, 15) is 4.79 Å². The number of anilines is 1. The van der Waals surface area contributed by atoms with Gasteiger partial charge in [0.05, 0.1) is 35.3 Å². The molecule has 11 heteroatoms. The zero-order valence-electron chi connectivity index (χ0n) is 26.7. The summed E-state index contributed by atoms with van der Waals surface area (Å²) in [4.78, 5) is 29.3. The zero-order chi connectivity index (χ0) is 32.4. The number of nitrogens with zero attached hydrogens (tertiary/aromatic N) is 4. The second kappa shape index (κ2) is 16.0. The molecule has 1 fully saturated rings. The zero-order valence-corrected chi connectivity index (χ0v) is 28.2. The normalized spacial score (nSPS) is 14.0. The number of methoxy groups -OCH3 is 2. The molecule has 2 aromatic carbocycles. The van der Waals surface area contributed by atoms with Gasteiger partial charge in [0.1, 0.15) is 22.8 Å². The molecule has 9 nitrogen and oxygen atoms in total. The number of ether oxygens (including phenoxy) is 2. The minimum atomic E-state index is -0.360. The van der Waals surface area contributed by atoms with Crippen LogP contribution in [0.4, 0.5) is 5.82 Å². The molecular formula is C33H42Cl2N6O3. The Labute approximate surface area is 270 Å². The van der Waals surface area contributed by atoms with Crippen molar-refractivity contribution in [2.75, 3.05) is 39.2 Å². The SMILES string of the molecule is CC.CC.COc1cc(OC)c(Cl)c(-c2ccc(C(=O)Nc3ccc(CN4CCNCC4(C)C)cn3)c3nccnc23)c1Cl. The highest BCUT2D eigenvalue weighted by Crippen LogP contribution is 2.47. The second-order valence-corrected chi connectivity index (χ2v) is 10.9. The van der Waals surface area contributed by atoms with Gasteiger partial charge in [-0.05, 0) is 31.5 Å². The van der Waals surface area contributed by atoms with Crippen molar-refractivity contribution < 1.29 is 14.3 Å². The maximum atomic E-state index is 13.4. The molecule has 0 spiro atoms. The summed E-state index contributed by atoms with van der Waals surface area (Å²) in [5.41, 5.74) is 3.38. The van der Waals surface area contributed by atoms with Crippen LogP contribution in [-0.2, 0) is 6.54 Å². The van der Waals surface area contributed by atoms with Crippen molar-refractivity contribution in [2.45, 2.75) is 53.6 Å². The minimum absolute atomic E-state index is 0.0594. The standard InChI is InChI=1S/C29H30Cl2N6O3.2C2H6/c1-29(2)16-32-11-12-37(29)15-17-5-8-22(35-14-17)36-28(38)19-7-6-18(26-27(19)34-10-9-33-26)23-24(30)20(39-3)13-21(40-4)25(23)31;2*1-2/h5-10,13-14,32H,11-12,15-16H2,1-4H3,(H,35,36,38);2*1-2H3. The molecule has 44 heavy (non-hydrogen) atoms. The Hall–Kier alpha value is -3.50. The quantitative estimate of drug-likeness (QED) is 0.214. The van der Waals surface area contributed by atoms with Gasteiger partial charge in [-0.15, -0.1) is 0 Å². The van der Waals surface area contributed by atoms with Gasteiger partial charge in [-0.2, -0.15) is 0 Å². The average molecular weight is 642 g/mol. The van der Waals surface area contributed by atoms with Crippen molar-refractivity contribution in [3.63, 3.8) is 0 Å². The summed E-state index contributed by atoms with van der Waals surface area (Å²) in [7, 11) is 3.02. The number of benzene rings is 2. The molecule has 0 unspecified atom stereocenters. The second-order valence-electron chi connectivity index (χ2n) is 10.1. The highest BCUT2D eigenvalue weighted by Gasteiger charge is 2.29. The Kier molecular flexibility index (Phi) is 12.7. The van der Waals surface area contributed by atoms with Crippen LogP contribution in [0.3, 0.4) is 0 Å². The van der Waals surface area contributed by atoms with Crippen LogP contribution in [0.1, 0.15) is 57.5 Å². The lowest BCUT2D eigenvalue weighted by Crippen LogP contribution is -2.57. The lowest BCUT2D eigenvalue weighted by molar-refractivity contribution is 0.0826. The first kappa shape index (κ1) is 35.0. The monoisotopic (exact) mass is 640 g/mol. The number of nitrogens with one attached hydrogen (secondary N) is 2. The van der Waals surface area contributed by atoms with Gasteiger partial charge in [0, 0.05) is 67.5 Å². The molecule has 0 saturated carbocycles. The van der Waals surface area contributed by atoms with E-state index in [-0.39, 0.29) is 11.4 Å². The molecule has 2 N–H and O–H groups in total. The van der Waals surface area contributed by atoms with E-state index >= 15 is 0 Å². The Morgan fingerprint density at radius 2 is 1.59 bits per heavy atom. The summed E-state index contributed by atoms with van der Waals surface area (Å²) in [6, 6.07) is 8.83. The van der Waals surface area contributed by atoms with Crippen LogP contribution >= 0.6 is 23.2 Å². The van der Waals surface area contributed by atoms with Crippen molar-refractivity contribution in [1.82, 2.24) is 25.2 Å². The first-order valence-corrected chi connectivity index (χ1v) is 15.5. The molecule has 0 aliphatic carbocycles. The van der Waals surface area contributed by atoms with Crippen molar-refractivity contribution in [3.05, 3.63) is 70.1 Å². The van der Waals surface area contributed by atoms with E-state index in [2.05, 4.69) is 44.3 Å². The number of amides is 1. The predicted molar refractivity (Wildman–Crippen MR) is 180 cm³/mol. The minimum Gasteiger partial charge on any atom is -0.495 e. The van der Waals surface area contributed by atoms with E-state index in [0.29, 0.717) is 55.1 Å². The van der Waals surface area contributed by atoms with Crippen LogP contribution < -0.4 is 20.1 Å². The third-order valence-corrected chi connectivity index (χ3v) is 7.88. The van der Waals surface area contributed by atoms with E-state index in [1.165, 1.54) is 20.4 Å². The van der Waals surface area contributed by atoms with Crippen LogP contribution in [0.25, 0.3) is 22.2 Å². The Morgan fingerprint density at radius 1 is 0.955 bits per heavy atom. The largest absolute Gasteiger partial charge is 0.495 e. The van der Waals surface area contributed by atoms with Crippen LogP contribution in [0.5, 0.6) is 11.5 Å². The average Bonchev–Trinajstić information content (AvgIpc) is 3.05. The lowest BCUT2D eigenvalue weighted by atomic mass is 9.99. The number of rotatable bonds is 7. The summed E-state index contributed by atoms with van der Waals surface area (Å²) in [6.45, 7) is 16.1. The maximum Gasteiger partial charge on any atom is 0.259 e. The van der Waals surface area contributed by atoms with Gasteiger partial charge in [0.15, 0.2) is 0 Å². The molecule has 236 valence electrons. The number of aromatic nitrogens is 3. The molecule has 5 rings (SSSR count). The summed E-state index contributed by atoms with van der Waals surface area (Å²) in [6.07, 6.45) is 4.88. The van der Waals surface area contributed by atoms with E-state index in [0.717, 1.165) is 31.7 Å². The van der Waals surface area contributed by atoms with Crippen LogP contribution in [0.2, 0.25) is 10.0 Å². The third-order valence-electron chi connectivity index (χ3n) is 7.12. The molecule has 3 heterocycles. The Balaban J connectivity index is 0.00000127. The molecule has 0 radical (unpaired) electrons. The molecule has 1 amide bonds. The van der Waals surface area contributed by atoms with Crippen molar-refractivity contribution in [1.29, 1.82) is 0 Å². The number of pyridine rings is 1. The Bertz CT molecular complexity index is 1540. The maximum absolute atomic E-state index is 13.4. The predicted octanol–water partition coefficient (Wildman–Crippen LogP) is 7.50. The van der Waals surface area contributed by atoms with Crippen LogP contribution in [-0.4, -0.2) is 65.2 Å². The first-order chi connectivity index (χ1) is 21.2. The molecule has 4 aromatic rings. The fraction of sp³-hybridized carbons (Fsp3) is 0.394. The molecule has 2 aromatic heterocycles. The van der Waals surface area contributed by atoms with E-state index in [1.807, 2.05) is 39.8 Å². The number of piperazine rings is 1. The van der Waals surface area contributed by atoms with E-state index in [1.54, 1.807) is 30.6 Å². The number of halogens is 2. The highest BCUT2D eigenvalue weighted by atomic mass is 35.5. The summed E-state index contributed by atoms with van der Waals surface area (Å²) in [5, 5.41) is 6.92. The van der Waals surface area contributed by atoms with Crippen molar-refractivity contribution in [2.24, 2.45) is 0 Å². The summed E-state index contributed by atoms with van der Waals surface area (Å²) >= 11 is 13.3. The van der Waals surface area contributed by atoms with Gasteiger partial charge in [-0.3, -0.25) is 19.7 Å². The van der Waals surface area contributed by atoms with Gasteiger partial charge in [0.2, 0.25) is 0 Å². The van der Waals surface area contributed by atoms with Gasteiger partial charge in [0.25, 0.3) is 5.91 Å². The number of carbonyl (C=O) groups excluding carboxylic acids is 1. The molecular weight excluding hydrogens is 599 g/mol. The highest BCUT2D eigenvalue weighted by molar-refractivity contribution is 6.41. The number of hydrogen-bond donors (Lipinski definition) is 2. The van der Waals surface area contributed by atoms with Crippen molar-refractivity contribution >= 4 is 46.0 Å². The fourth-order valence-electron chi connectivity index (χ4n) is 4.88. The smallest absolute Gasteiger partial charge is 0.259 e. The Morgan fingerprint density at radius 3 is 2.16 bits per heavy atom. The number of carbonyl (C=O) groups is 1. The van der Waals surface area contributed by atoms with Gasteiger partial charge >= 0.3 is 0 Å². The fourth-order valence-corrected chi connectivity index (χ4v) is 5.58. The van der Waals surface area contributed by atoms with Crippen LogP contribution in [0, 0.1) is 0 Å². The molecule has 0 bridgehead atoms. The molecule has 0 atom stereocenters. The van der Waals surface area contributed by atoms with Crippen molar-refractivity contribution in [3.8, 4) is 22.6 Å². The summed E-state index contributed by atoms with van der Waals surface area (Å²) in [5.74, 6) is 0.873.